The Hall–Kier alpha value is -2.26. The topological polar surface area (TPSA) is 59.8 Å². The van der Waals surface area contributed by atoms with Gasteiger partial charge in [0.1, 0.15) is 11.6 Å². The molecule has 148 valence electrons. The second-order valence-corrected chi connectivity index (χ2v) is 8.00. The summed E-state index contributed by atoms with van der Waals surface area (Å²) in [5, 5.41) is 13.6. The van der Waals surface area contributed by atoms with Crippen LogP contribution < -0.4 is 5.32 Å². The molecule has 0 bridgehead atoms. The lowest BCUT2D eigenvalue weighted by Crippen LogP contribution is -2.15. The molecule has 0 atom stereocenters. The molecule has 0 fully saturated rings. The van der Waals surface area contributed by atoms with E-state index in [1.165, 1.54) is 22.7 Å². The third-order valence-electron chi connectivity index (χ3n) is 3.98. The number of hydrogen-bond donors (Lipinski definition) is 1. The monoisotopic (exact) mass is 422 g/mol. The van der Waals surface area contributed by atoms with Gasteiger partial charge >= 0.3 is 0 Å². The van der Waals surface area contributed by atoms with Crippen molar-refractivity contribution in [3.8, 4) is 11.4 Å². The molecule has 0 saturated carbocycles. The number of anilines is 1. The molecule has 2 heterocycles. The van der Waals surface area contributed by atoms with Crippen LogP contribution >= 0.6 is 23.1 Å². The van der Waals surface area contributed by atoms with Gasteiger partial charge in [0, 0.05) is 28.4 Å². The third kappa shape index (κ3) is 4.77. The van der Waals surface area contributed by atoms with E-state index in [9.17, 15) is 13.6 Å². The van der Waals surface area contributed by atoms with Crippen molar-refractivity contribution in [2.45, 2.75) is 38.4 Å². The number of hydrogen-bond acceptors (Lipinski definition) is 5. The molecule has 3 aromatic rings. The van der Waals surface area contributed by atoms with Gasteiger partial charge in [-0.3, -0.25) is 4.79 Å². The van der Waals surface area contributed by atoms with Crippen LogP contribution in [0.2, 0.25) is 0 Å². The van der Waals surface area contributed by atoms with E-state index >= 15 is 0 Å². The molecular weight excluding hydrogens is 402 g/mol. The number of carbonyl (C=O) groups excluding carboxylic acids is 1. The second kappa shape index (κ2) is 9.29. The van der Waals surface area contributed by atoms with Crippen molar-refractivity contribution in [3.05, 3.63) is 46.2 Å². The second-order valence-electron chi connectivity index (χ2n) is 6.06. The average Bonchev–Trinajstić information content (AvgIpc) is 3.29. The Morgan fingerprint density at radius 1 is 1.25 bits per heavy atom. The van der Waals surface area contributed by atoms with Crippen LogP contribution in [0.15, 0.2) is 34.8 Å². The molecular formula is C19H20F2N4OS2. The fourth-order valence-corrected chi connectivity index (χ4v) is 4.45. The number of amides is 1. The van der Waals surface area contributed by atoms with Crippen molar-refractivity contribution in [2.24, 2.45) is 0 Å². The normalized spacial score (nSPS) is 11.0. The molecule has 2 aromatic heterocycles. The van der Waals surface area contributed by atoms with Crippen molar-refractivity contribution >= 4 is 34.7 Å². The fourth-order valence-electron chi connectivity index (χ4n) is 2.68. The Labute approximate surface area is 170 Å². The highest BCUT2D eigenvalue weighted by molar-refractivity contribution is 7.99. The quantitative estimate of drug-likeness (QED) is 0.520. The molecule has 9 heteroatoms. The molecule has 0 aliphatic rings. The molecule has 0 aliphatic carbocycles. The molecule has 1 amide bonds. The summed E-state index contributed by atoms with van der Waals surface area (Å²) in [6.07, 6.45) is 2.12. The Morgan fingerprint density at radius 3 is 2.79 bits per heavy atom. The summed E-state index contributed by atoms with van der Waals surface area (Å²) in [6.45, 7) is 4.80. The molecule has 0 unspecified atom stereocenters. The van der Waals surface area contributed by atoms with Gasteiger partial charge in [-0.15, -0.1) is 21.5 Å². The molecule has 0 saturated heterocycles. The van der Waals surface area contributed by atoms with Gasteiger partial charge in [0.15, 0.2) is 11.0 Å². The summed E-state index contributed by atoms with van der Waals surface area (Å²) in [6, 6.07) is 5.16. The molecule has 0 aliphatic heterocycles. The highest BCUT2D eigenvalue weighted by Crippen LogP contribution is 2.28. The molecule has 3 rings (SSSR count). The van der Waals surface area contributed by atoms with Gasteiger partial charge in [0.25, 0.3) is 0 Å². The van der Waals surface area contributed by atoms with Crippen LogP contribution in [-0.4, -0.2) is 26.4 Å². The largest absolute Gasteiger partial charge is 0.323 e. The standard InChI is InChI=1S/C19H20F2N4OS2/c1-3-5-14-8-12(10-27-14)18-23-24-19(25(18)4-2)28-11-17(26)22-16-7-6-13(20)9-15(16)21/h6-10H,3-5,11H2,1-2H3,(H,22,26). The Bertz CT molecular complexity index is 971. The number of thioether (sulfide) groups is 1. The molecule has 28 heavy (non-hydrogen) atoms. The van der Waals surface area contributed by atoms with Gasteiger partial charge in [-0.25, -0.2) is 8.78 Å². The molecule has 5 nitrogen and oxygen atoms in total. The van der Waals surface area contributed by atoms with Crippen molar-refractivity contribution in [3.63, 3.8) is 0 Å². The summed E-state index contributed by atoms with van der Waals surface area (Å²) in [4.78, 5) is 13.4. The lowest BCUT2D eigenvalue weighted by Gasteiger charge is -2.08. The number of aromatic nitrogens is 3. The Balaban J connectivity index is 1.67. The number of carbonyl (C=O) groups is 1. The van der Waals surface area contributed by atoms with E-state index in [-0.39, 0.29) is 11.4 Å². The first-order valence-corrected chi connectivity index (χ1v) is 10.8. The van der Waals surface area contributed by atoms with Gasteiger partial charge < -0.3 is 9.88 Å². The lowest BCUT2D eigenvalue weighted by atomic mass is 10.2. The van der Waals surface area contributed by atoms with Crippen LogP contribution in [0.3, 0.4) is 0 Å². The number of nitrogens with one attached hydrogen (secondary N) is 1. The fraction of sp³-hybridized carbons (Fsp3) is 0.316. The van der Waals surface area contributed by atoms with Crippen LogP contribution in [0, 0.1) is 11.6 Å². The maximum Gasteiger partial charge on any atom is 0.234 e. The van der Waals surface area contributed by atoms with Crippen LogP contribution in [0.1, 0.15) is 25.1 Å². The predicted molar refractivity (Wildman–Crippen MR) is 109 cm³/mol. The summed E-state index contributed by atoms with van der Waals surface area (Å²) >= 11 is 2.93. The number of thiophene rings is 1. The first kappa shape index (κ1) is 20.5. The van der Waals surface area contributed by atoms with Crippen LogP contribution in [0.5, 0.6) is 0 Å². The summed E-state index contributed by atoms with van der Waals surface area (Å²) in [7, 11) is 0. The first-order valence-electron chi connectivity index (χ1n) is 8.90. The zero-order chi connectivity index (χ0) is 20.1. The minimum absolute atomic E-state index is 0.0413. The van der Waals surface area contributed by atoms with Crippen molar-refractivity contribution in [1.29, 1.82) is 0 Å². The number of halogens is 2. The van der Waals surface area contributed by atoms with Gasteiger partial charge in [-0.2, -0.15) is 0 Å². The van der Waals surface area contributed by atoms with Crippen molar-refractivity contribution < 1.29 is 13.6 Å². The van der Waals surface area contributed by atoms with Crippen LogP contribution in [0.25, 0.3) is 11.4 Å². The molecule has 1 aromatic carbocycles. The van der Waals surface area contributed by atoms with Crippen molar-refractivity contribution in [1.82, 2.24) is 14.8 Å². The maximum atomic E-state index is 13.7. The molecule has 1 N–H and O–H groups in total. The third-order valence-corrected chi connectivity index (χ3v) is 5.94. The van der Waals surface area contributed by atoms with Crippen molar-refractivity contribution in [2.75, 3.05) is 11.1 Å². The Kier molecular flexibility index (Phi) is 6.79. The van der Waals surface area contributed by atoms with Gasteiger partial charge in [-0.1, -0.05) is 25.1 Å². The summed E-state index contributed by atoms with van der Waals surface area (Å²) in [5.41, 5.74) is 0.971. The minimum Gasteiger partial charge on any atom is -0.323 e. The molecule has 0 spiro atoms. The van der Waals surface area contributed by atoms with E-state index < -0.39 is 17.5 Å². The van der Waals surface area contributed by atoms with E-state index in [0.29, 0.717) is 11.7 Å². The number of aryl methyl sites for hydroxylation is 1. The van der Waals surface area contributed by atoms with Gasteiger partial charge in [0.2, 0.25) is 5.91 Å². The van der Waals surface area contributed by atoms with E-state index in [2.05, 4.69) is 33.9 Å². The summed E-state index contributed by atoms with van der Waals surface area (Å²) < 4.78 is 28.6. The maximum absolute atomic E-state index is 13.7. The van der Waals surface area contributed by atoms with E-state index in [4.69, 9.17) is 0 Å². The predicted octanol–water partition coefficient (Wildman–Crippen LogP) is 4.99. The zero-order valence-electron chi connectivity index (χ0n) is 15.5. The Morgan fingerprint density at radius 2 is 2.07 bits per heavy atom. The minimum atomic E-state index is -0.808. The number of nitrogens with zero attached hydrogens (tertiary/aromatic N) is 3. The highest BCUT2D eigenvalue weighted by Gasteiger charge is 2.16. The van der Waals surface area contributed by atoms with E-state index in [1.54, 1.807) is 11.3 Å². The average molecular weight is 423 g/mol. The van der Waals surface area contributed by atoms with Gasteiger partial charge in [0.05, 0.1) is 11.4 Å². The zero-order valence-corrected chi connectivity index (χ0v) is 17.2. The highest BCUT2D eigenvalue weighted by atomic mass is 32.2. The number of benzene rings is 1. The lowest BCUT2D eigenvalue weighted by molar-refractivity contribution is -0.113. The van der Waals surface area contributed by atoms with Crippen LogP contribution in [-0.2, 0) is 17.8 Å². The summed E-state index contributed by atoms with van der Waals surface area (Å²) in [5.74, 6) is -1.08. The van der Waals surface area contributed by atoms with Gasteiger partial charge in [-0.05, 0) is 31.5 Å². The molecule has 0 radical (unpaired) electrons. The van der Waals surface area contributed by atoms with Crippen LogP contribution in [0.4, 0.5) is 14.5 Å². The SMILES string of the molecule is CCCc1cc(-c2nnc(SCC(=O)Nc3ccc(F)cc3F)n2CC)cs1. The first-order chi connectivity index (χ1) is 13.5. The smallest absolute Gasteiger partial charge is 0.234 e. The van der Waals surface area contributed by atoms with E-state index in [1.807, 2.05) is 11.5 Å². The number of rotatable bonds is 8. The van der Waals surface area contributed by atoms with E-state index in [0.717, 1.165) is 36.4 Å².